The van der Waals surface area contributed by atoms with Crippen LogP contribution in [0, 0.1) is 0 Å². The minimum Gasteiger partial charge on any atom is -0.296 e. The lowest BCUT2D eigenvalue weighted by Gasteiger charge is -2.15. The fourth-order valence-corrected chi connectivity index (χ4v) is 2.45. The monoisotopic (exact) mass is 284 g/mol. The van der Waals surface area contributed by atoms with E-state index in [9.17, 15) is 4.79 Å². The number of rotatable bonds is 2. The maximum Gasteiger partial charge on any atom is 0.350 e. The highest BCUT2D eigenvalue weighted by Gasteiger charge is 2.15. The molecule has 0 spiro atoms. The standard InChI is InChI=1S/C14H12N4OS/c1-17(11-6-3-2-4-7-11)14(19)18-10-15-13(16-18)12-8-5-9-20-12/h2-10H,1H3. The van der Waals surface area contributed by atoms with Crippen molar-refractivity contribution in [3.8, 4) is 10.7 Å². The van der Waals surface area contributed by atoms with Crippen LogP contribution in [0.4, 0.5) is 10.5 Å². The lowest BCUT2D eigenvalue weighted by molar-refractivity contribution is 0.246. The van der Waals surface area contributed by atoms with Crippen molar-refractivity contribution in [2.45, 2.75) is 0 Å². The second-order valence-electron chi connectivity index (χ2n) is 4.17. The third-order valence-corrected chi connectivity index (χ3v) is 3.73. The van der Waals surface area contributed by atoms with Gasteiger partial charge in [0.25, 0.3) is 0 Å². The van der Waals surface area contributed by atoms with E-state index in [0.29, 0.717) is 5.82 Å². The number of nitrogens with zero attached hydrogens (tertiary/aromatic N) is 4. The molecule has 0 saturated carbocycles. The smallest absolute Gasteiger partial charge is 0.296 e. The van der Waals surface area contributed by atoms with Crippen LogP contribution in [0.15, 0.2) is 54.2 Å². The van der Waals surface area contributed by atoms with Gasteiger partial charge in [-0.15, -0.1) is 16.4 Å². The second-order valence-corrected chi connectivity index (χ2v) is 5.11. The van der Waals surface area contributed by atoms with Gasteiger partial charge in [-0.2, -0.15) is 4.68 Å². The Bertz CT molecular complexity index is 706. The number of para-hydroxylation sites is 1. The molecule has 1 aromatic carbocycles. The first-order valence-corrected chi connectivity index (χ1v) is 6.92. The van der Waals surface area contributed by atoms with Gasteiger partial charge in [0.15, 0.2) is 5.82 Å². The van der Waals surface area contributed by atoms with Crippen molar-refractivity contribution in [2.75, 3.05) is 11.9 Å². The number of carbonyl (C=O) groups excluding carboxylic acids is 1. The van der Waals surface area contributed by atoms with Gasteiger partial charge in [-0.05, 0) is 23.6 Å². The van der Waals surface area contributed by atoms with Gasteiger partial charge in [-0.1, -0.05) is 24.3 Å². The number of anilines is 1. The molecule has 0 aliphatic heterocycles. The molecule has 2 heterocycles. The molecule has 100 valence electrons. The molecular weight excluding hydrogens is 272 g/mol. The summed E-state index contributed by atoms with van der Waals surface area (Å²) >= 11 is 1.54. The third-order valence-electron chi connectivity index (χ3n) is 2.86. The zero-order valence-electron chi connectivity index (χ0n) is 10.8. The van der Waals surface area contributed by atoms with Gasteiger partial charge in [0, 0.05) is 12.7 Å². The maximum atomic E-state index is 12.3. The van der Waals surface area contributed by atoms with Crippen LogP contribution < -0.4 is 4.90 Å². The van der Waals surface area contributed by atoms with Crippen LogP contribution in [0.25, 0.3) is 10.7 Å². The van der Waals surface area contributed by atoms with Crippen LogP contribution >= 0.6 is 11.3 Å². The molecule has 6 heteroatoms. The van der Waals surface area contributed by atoms with Gasteiger partial charge < -0.3 is 0 Å². The Labute approximate surface area is 120 Å². The van der Waals surface area contributed by atoms with Crippen molar-refractivity contribution in [2.24, 2.45) is 0 Å². The second kappa shape index (κ2) is 5.26. The Morgan fingerprint density at radius 3 is 2.70 bits per heavy atom. The number of amides is 1. The summed E-state index contributed by atoms with van der Waals surface area (Å²) in [5, 5.41) is 6.18. The average molecular weight is 284 g/mol. The van der Waals surface area contributed by atoms with Crippen molar-refractivity contribution in [1.82, 2.24) is 14.8 Å². The number of benzene rings is 1. The Balaban J connectivity index is 1.85. The molecule has 2 aromatic heterocycles. The van der Waals surface area contributed by atoms with Crippen LogP contribution in [-0.4, -0.2) is 27.8 Å². The van der Waals surface area contributed by atoms with Crippen molar-refractivity contribution in [3.63, 3.8) is 0 Å². The molecule has 5 nitrogen and oxygen atoms in total. The van der Waals surface area contributed by atoms with Crippen LogP contribution in [0.3, 0.4) is 0 Å². The Hall–Kier alpha value is -2.47. The summed E-state index contributed by atoms with van der Waals surface area (Å²) in [6.45, 7) is 0. The maximum absolute atomic E-state index is 12.3. The SMILES string of the molecule is CN(C(=O)n1cnc(-c2cccs2)n1)c1ccccc1. The molecule has 3 rings (SSSR count). The molecule has 0 aliphatic carbocycles. The minimum atomic E-state index is -0.244. The van der Waals surface area contributed by atoms with E-state index in [2.05, 4.69) is 10.1 Å². The highest BCUT2D eigenvalue weighted by Crippen LogP contribution is 2.20. The Kier molecular flexibility index (Phi) is 3.30. The first kappa shape index (κ1) is 12.6. The predicted molar refractivity (Wildman–Crippen MR) is 79.0 cm³/mol. The number of hydrogen-bond acceptors (Lipinski definition) is 4. The molecule has 3 aromatic rings. The van der Waals surface area contributed by atoms with E-state index >= 15 is 0 Å². The molecule has 20 heavy (non-hydrogen) atoms. The third kappa shape index (κ3) is 2.33. The zero-order valence-corrected chi connectivity index (χ0v) is 11.6. The summed E-state index contributed by atoms with van der Waals surface area (Å²) in [6.07, 6.45) is 1.44. The van der Waals surface area contributed by atoms with Gasteiger partial charge in [-0.25, -0.2) is 9.78 Å². The number of aromatic nitrogens is 3. The van der Waals surface area contributed by atoms with Crippen molar-refractivity contribution in [1.29, 1.82) is 0 Å². The summed E-state index contributed by atoms with van der Waals surface area (Å²) in [5.41, 5.74) is 0.811. The first-order valence-electron chi connectivity index (χ1n) is 6.04. The van der Waals surface area contributed by atoms with Gasteiger partial charge in [-0.3, -0.25) is 4.90 Å². The van der Waals surface area contributed by atoms with E-state index in [-0.39, 0.29) is 6.03 Å². The molecule has 0 fully saturated rings. The summed E-state index contributed by atoms with van der Waals surface area (Å²) < 4.78 is 1.25. The van der Waals surface area contributed by atoms with E-state index in [4.69, 9.17) is 0 Å². The summed E-state index contributed by atoms with van der Waals surface area (Å²) in [4.78, 5) is 19.0. The van der Waals surface area contributed by atoms with Crippen LogP contribution in [-0.2, 0) is 0 Å². The van der Waals surface area contributed by atoms with E-state index < -0.39 is 0 Å². The van der Waals surface area contributed by atoms with Crippen molar-refractivity contribution < 1.29 is 4.79 Å². The molecule has 1 amide bonds. The Morgan fingerprint density at radius 1 is 1.20 bits per heavy atom. The van der Waals surface area contributed by atoms with E-state index in [1.807, 2.05) is 47.8 Å². The number of carbonyl (C=O) groups is 1. The molecule has 0 radical (unpaired) electrons. The highest BCUT2D eigenvalue weighted by molar-refractivity contribution is 7.13. The lowest BCUT2D eigenvalue weighted by atomic mass is 10.3. The first-order chi connectivity index (χ1) is 9.75. The van der Waals surface area contributed by atoms with Gasteiger partial charge in [0.1, 0.15) is 6.33 Å². The molecule has 0 bridgehead atoms. The number of thiophene rings is 1. The quantitative estimate of drug-likeness (QED) is 0.726. The zero-order chi connectivity index (χ0) is 13.9. The van der Waals surface area contributed by atoms with Crippen molar-refractivity contribution in [3.05, 3.63) is 54.2 Å². The van der Waals surface area contributed by atoms with E-state index in [1.165, 1.54) is 15.9 Å². The molecule has 0 saturated heterocycles. The van der Waals surface area contributed by atoms with Crippen LogP contribution in [0.2, 0.25) is 0 Å². The van der Waals surface area contributed by atoms with Crippen LogP contribution in [0.5, 0.6) is 0 Å². The molecule has 0 atom stereocenters. The van der Waals surface area contributed by atoms with Crippen LogP contribution in [0.1, 0.15) is 0 Å². The molecule has 0 N–H and O–H groups in total. The molecule has 0 unspecified atom stereocenters. The fourth-order valence-electron chi connectivity index (χ4n) is 1.79. The summed E-state index contributed by atoms with van der Waals surface area (Å²) in [6, 6.07) is 13.0. The minimum absolute atomic E-state index is 0.244. The van der Waals surface area contributed by atoms with E-state index in [1.54, 1.807) is 18.4 Å². The van der Waals surface area contributed by atoms with Gasteiger partial charge in [0.05, 0.1) is 4.88 Å². The van der Waals surface area contributed by atoms with Crippen molar-refractivity contribution >= 4 is 23.1 Å². The average Bonchev–Trinajstić information content (AvgIpc) is 3.17. The van der Waals surface area contributed by atoms with E-state index in [0.717, 1.165) is 10.6 Å². The summed E-state index contributed by atoms with van der Waals surface area (Å²) in [7, 11) is 1.71. The molecule has 0 aliphatic rings. The largest absolute Gasteiger partial charge is 0.350 e. The molecular formula is C14H12N4OS. The predicted octanol–water partition coefficient (Wildman–Crippen LogP) is 3.11. The van der Waals surface area contributed by atoms with Gasteiger partial charge in [0.2, 0.25) is 0 Å². The topological polar surface area (TPSA) is 51.0 Å². The van der Waals surface area contributed by atoms with Gasteiger partial charge >= 0.3 is 6.03 Å². The summed E-state index contributed by atoms with van der Waals surface area (Å²) in [5.74, 6) is 0.565. The lowest BCUT2D eigenvalue weighted by Crippen LogP contribution is -2.31. The normalized spacial score (nSPS) is 10.4. The Morgan fingerprint density at radius 2 is 2.00 bits per heavy atom. The highest BCUT2D eigenvalue weighted by atomic mass is 32.1. The fraction of sp³-hybridized carbons (Fsp3) is 0.0714. The number of hydrogen-bond donors (Lipinski definition) is 0.